The van der Waals surface area contributed by atoms with E-state index in [1.165, 1.54) is 6.42 Å². The zero-order valence-corrected chi connectivity index (χ0v) is 8.83. The molecule has 3 rings (SSSR count). The van der Waals surface area contributed by atoms with Gasteiger partial charge in [-0.25, -0.2) is 4.98 Å². The number of aromatic nitrogens is 4. The maximum Gasteiger partial charge on any atom is 0.260 e. The molecule has 1 aliphatic heterocycles. The smallest absolute Gasteiger partial charge is 0.260 e. The number of hydrogen-bond acceptors (Lipinski definition) is 5. The molecule has 1 aliphatic rings. The van der Waals surface area contributed by atoms with Crippen LogP contribution in [0.5, 0.6) is 5.88 Å². The van der Waals surface area contributed by atoms with Gasteiger partial charge in [0.15, 0.2) is 0 Å². The van der Waals surface area contributed by atoms with E-state index in [-0.39, 0.29) is 0 Å². The Bertz CT molecular complexity index is 477. The summed E-state index contributed by atoms with van der Waals surface area (Å²) < 4.78 is 7.46. The molecule has 1 N–H and O–H groups in total. The maximum absolute atomic E-state index is 5.66. The summed E-state index contributed by atoms with van der Waals surface area (Å²) in [6.07, 6.45) is 7.51. The van der Waals surface area contributed by atoms with E-state index in [9.17, 15) is 0 Å². The fourth-order valence-electron chi connectivity index (χ4n) is 1.92. The number of fused-ring (bicyclic) bond motifs is 1. The minimum absolute atomic E-state index is 0.435. The van der Waals surface area contributed by atoms with Crippen molar-refractivity contribution in [2.45, 2.75) is 18.9 Å². The average Bonchev–Trinajstić information content (AvgIpc) is 2.97. The lowest BCUT2D eigenvalue weighted by atomic mass is 10.2. The highest BCUT2D eigenvalue weighted by Crippen LogP contribution is 2.14. The molecular weight excluding hydrogens is 206 g/mol. The van der Waals surface area contributed by atoms with E-state index >= 15 is 0 Å². The fraction of sp³-hybridized carbons (Fsp3) is 0.500. The Hall–Kier alpha value is -1.69. The van der Waals surface area contributed by atoms with Crippen molar-refractivity contribution in [3.05, 3.63) is 18.7 Å². The number of ether oxygens (including phenoxy) is 1. The Labute approximate surface area is 92.7 Å². The lowest BCUT2D eigenvalue weighted by Crippen LogP contribution is -2.28. The van der Waals surface area contributed by atoms with Crippen LogP contribution in [0.3, 0.4) is 0 Å². The van der Waals surface area contributed by atoms with Gasteiger partial charge >= 0.3 is 0 Å². The van der Waals surface area contributed by atoms with Crippen molar-refractivity contribution in [2.24, 2.45) is 0 Å². The molecule has 2 aromatic heterocycles. The van der Waals surface area contributed by atoms with Crippen LogP contribution < -0.4 is 10.1 Å². The number of rotatable bonds is 3. The van der Waals surface area contributed by atoms with Gasteiger partial charge in [0.1, 0.15) is 12.9 Å². The van der Waals surface area contributed by atoms with Gasteiger partial charge in [0.05, 0.1) is 0 Å². The van der Waals surface area contributed by atoms with Crippen molar-refractivity contribution in [1.82, 2.24) is 24.9 Å². The standard InChI is InChI=1S/C10H13N5O/c1-2-8(11-3-1)6-16-10-9-14-13-7-15(9)5-4-12-10/h4-5,7-8,11H,1-3,6H2. The van der Waals surface area contributed by atoms with E-state index in [0.717, 1.165) is 13.0 Å². The highest BCUT2D eigenvalue weighted by Gasteiger charge is 2.15. The Morgan fingerprint density at radius 2 is 2.56 bits per heavy atom. The second kappa shape index (κ2) is 4.05. The molecule has 1 unspecified atom stereocenters. The summed E-state index contributed by atoms with van der Waals surface area (Å²) in [4.78, 5) is 4.17. The van der Waals surface area contributed by atoms with Gasteiger partial charge in [0.2, 0.25) is 5.65 Å². The largest absolute Gasteiger partial charge is 0.473 e. The molecule has 84 valence electrons. The molecule has 3 heterocycles. The molecule has 2 aromatic rings. The Balaban J connectivity index is 1.75. The van der Waals surface area contributed by atoms with Gasteiger partial charge in [-0.15, -0.1) is 10.2 Å². The SMILES string of the molecule is c1cn2cnnc2c(OCC2CCCN2)n1. The summed E-state index contributed by atoms with van der Waals surface area (Å²) in [7, 11) is 0. The van der Waals surface area contributed by atoms with Gasteiger partial charge in [0.25, 0.3) is 5.88 Å². The Morgan fingerprint density at radius 3 is 3.44 bits per heavy atom. The summed E-state index contributed by atoms with van der Waals surface area (Å²) >= 11 is 0. The van der Waals surface area contributed by atoms with Crippen molar-refractivity contribution >= 4 is 5.65 Å². The maximum atomic E-state index is 5.66. The van der Waals surface area contributed by atoms with Crippen LogP contribution in [0.2, 0.25) is 0 Å². The first-order valence-electron chi connectivity index (χ1n) is 5.44. The van der Waals surface area contributed by atoms with Crippen molar-refractivity contribution in [3.63, 3.8) is 0 Å². The van der Waals surface area contributed by atoms with Crippen molar-refractivity contribution < 1.29 is 4.74 Å². The fourth-order valence-corrected chi connectivity index (χ4v) is 1.92. The summed E-state index contributed by atoms with van der Waals surface area (Å²) in [5.41, 5.74) is 0.667. The van der Waals surface area contributed by atoms with Crippen LogP contribution >= 0.6 is 0 Å². The minimum atomic E-state index is 0.435. The van der Waals surface area contributed by atoms with Gasteiger partial charge in [-0.1, -0.05) is 0 Å². The van der Waals surface area contributed by atoms with Crippen LogP contribution in [0, 0.1) is 0 Å². The zero-order chi connectivity index (χ0) is 10.8. The molecule has 1 saturated heterocycles. The molecule has 6 nitrogen and oxygen atoms in total. The van der Waals surface area contributed by atoms with Gasteiger partial charge in [-0.2, -0.15) is 0 Å². The van der Waals surface area contributed by atoms with Crippen LogP contribution in [0.4, 0.5) is 0 Å². The molecule has 1 atom stereocenters. The van der Waals surface area contributed by atoms with E-state index < -0.39 is 0 Å². The van der Waals surface area contributed by atoms with Crippen LogP contribution in [-0.4, -0.2) is 38.8 Å². The van der Waals surface area contributed by atoms with Crippen molar-refractivity contribution in [3.8, 4) is 5.88 Å². The predicted molar refractivity (Wildman–Crippen MR) is 57.3 cm³/mol. The van der Waals surface area contributed by atoms with Crippen LogP contribution in [0.25, 0.3) is 5.65 Å². The van der Waals surface area contributed by atoms with E-state index in [4.69, 9.17) is 4.74 Å². The van der Waals surface area contributed by atoms with Crippen molar-refractivity contribution in [2.75, 3.05) is 13.2 Å². The molecule has 0 aliphatic carbocycles. The van der Waals surface area contributed by atoms with E-state index in [0.29, 0.717) is 24.2 Å². The summed E-state index contributed by atoms with van der Waals surface area (Å²) in [6.45, 7) is 1.72. The second-order valence-corrected chi connectivity index (χ2v) is 3.90. The van der Waals surface area contributed by atoms with Gasteiger partial charge in [-0.05, 0) is 19.4 Å². The number of nitrogens with one attached hydrogen (secondary N) is 1. The lowest BCUT2D eigenvalue weighted by molar-refractivity contribution is 0.269. The molecule has 0 amide bonds. The quantitative estimate of drug-likeness (QED) is 0.802. The minimum Gasteiger partial charge on any atom is -0.473 e. The summed E-state index contributed by atoms with van der Waals surface area (Å²) in [5, 5.41) is 11.2. The van der Waals surface area contributed by atoms with Crippen molar-refractivity contribution in [1.29, 1.82) is 0 Å². The lowest BCUT2D eigenvalue weighted by Gasteiger charge is -2.11. The first-order chi connectivity index (χ1) is 7.93. The first kappa shape index (κ1) is 9.53. The van der Waals surface area contributed by atoms with Crippen LogP contribution in [0.15, 0.2) is 18.7 Å². The van der Waals surface area contributed by atoms with E-state index in [2.05, 4.69) is 20.5 Å². The molecule has 0 aromatic carbocycles. The third-order valence-electron chi connectivity index (χ3n) is 2.77. The predicted octanol–water partition coefficient (Wildman–Crippen LogP) is 0.255. The molecule has 16 heavy (non-hydrogen) atoms. The highest BCUT2D eigenvalue weighted by molar-refractivity contribution is 5.47. The summed E-state index contributed by atoms with van der Waals surface area (Å²) in [6, 6.07) is 0.435. The average molecular weight is 219 g/mol. The van der Waals surface area contributed by atoms with Crippen LogP contribution in [-0.2, 0) is 0 Å². The van der Waals surface area contributed by atoms with E-state index in [1.807, 2.05) is 0 Å². The number of hydrogen-bond donors (Lipinski definition) is 1. The second-order valence-electron chi connectivity index (χ2n) is 3.90. The normalized spacial score (nSPS) is 20.4. The highest BCUT2D eigenvalue weighted by atomic mass is 16.5. The Kier molecular flexibility index (Phi) is 2.41. The number of nitrogens with zero attached hydrogens (tertiary/aromatic N) is 4. The third kappa shape index (κ3) is 1.71. The topological polar surface area (TPSA) is 64.3 Å². The van der Waals surface area contributed by atoms with Gasteiger partial charge < -0.3 is 10.1 Å². The van der Waals surface area contributed by atoms with Crippen LogP contribution in [0.1, 0.15) is 12.8 Å². The molecule has 0 spiro atoms. The molecule has 0 saturated carbocycles. The third-order valence-corrected chi connectivity index (χ3v) is 2.77. The summed E-state index contributed by atoms with van der Waals surface area (Å²) in [5.74, 6) is 0.550. The first-order valence-corrected chi connectivity index (χ1v) is 5.44. The zero-order valence-electron chi connectivity index (χ0n) is 8.83. The van der Waals surface area contributed by atoms with E-state index in [1.54, 1.807) is 23.1 Å². The molecule has 0 bridgehead atoms. The Morgan fingerprint density at radius 1 is 1.56 bits per heavy atom. The monoisotopic (exact) mass is 219 g/mol. The molecular formula is C10H13N5O. The van der Waals surface area contributed by atoms with Gasteiger partial charge in [0, 0.05) is 18.4 Å². The van der Waals surface area contributed by atoms with Gasteiger partial charge in [-0.3, -0.25) is 4.40 Å². The molecule has 0 radical (unpaired) electrons. The molecule has 1 fully saturated rings. The molecule has 6 heteroatoms.